The lowest BCUT2D eigenvalue weighted by Crippen LogP contribution is -2.35. The molecule has 0 radical (unpaired) electrons. The van der Waals surface area contributed by atoms with E-state index in [4.69, 9.17) is 28.2 Å². The second-order valence-electron chi connectivity index (χ2n) is 6.17. The van der Waals surface area contributed by atoms with Gasteiger partial charge in [-0.25, -0.2) is 0 Å². The first-order chi connectivity index (χ1) is 12.1. The van der Waals surface area contributed by atoms with Gasteiger partial charge >= 0.3 is 0 Å². The molecule has 1 aromatic carbocycles. The van der Waals surface area contributed by atoms with Gasteiger partial charge in [0.2, 0.25) is 0 Å². The number of pyridine rings is 1. The number of aliphatic imine (C=N–C) groups is 1. The van der Waals surface area contributed by atoms with Crippen LogP contribution in [0.25, 0.3) is 0 Å². The fourth-order valence-electron chi connectivity index (χ4n) is 3.47. The van der Waals surface area contributed by atoms with Crippen molar-refractivity contribution in [2.45, 2.75) is 31.5 Å². The van der Waals surface area contributed by atoms with Crippen LogP contribution >= 0.6 is 35.0 Å². The normalized spacial score (nSPS) is 25.2. The van der Waals surface area contributed by atoms with Gasteiger partial charge < -0.3 is 10.0 Å². The zero-order valence-corrected chi connectivity index (χ0v) is 15.9. The minimum atomic E-state index is -0.116. The number of rotatable bonds is 3. The maximum atomic E-state index is 9.92. The summed E-state index contributed by atoms with van der Waals surface area (Å²) in [6.07, 6.45) is 2.83. The van der Waals surface area contributed by atoms with Gasteiger partial charge in [0.15, 0.2) is 10.9 Å². The van der Waals surface area contributed by atoms with Crippen LogP contribution in [0.15, 0.2) is 41.5 Å². The first kappa shape index (κ1) is 17.0. The van der Waals surface area contributed by atoms with Gasteiger partial charge in [-0.15, -0.1) is 0 Å². The molecule has 3 heterocycles. The van der Waals surface area contributed by atoms with E-state index in [-0.39, 0.29) is 27.9 Å². The Hall–Kier alpha value is -1.43. The molecule has 1 N–H and O–H groups in total. The number of hydrogen-bond acceptors (Lipinski definition) is 5. The third kappa shape index (κ3) is 2.88. The highest BCUT2D eigenvalue weighted by Crippen LogP contribution is 2.50. The SMILES string of the molecule is CCC1CSC2=NC(c3ccccn3)C(c3cc(Cl)c(O)c(Cl)c3)N21. The number of phenolic OH excluding ortho intramolecular Hbond substituents is 1. The quantitative estimate of drug-likeness (QED) is 0.790. The van der Waals surface area contributed by atoms with Crippen LogP contribution < -0.4 is 0 Å². The Kier molecular flexibility index (Phi) is 4.56. The van der Waals surface area contributed by atoms with Crippen molar-refractivity contribution in [1.82, 2.24) is 9.88 Å². The lowest BCUT2D eigenvalue weighted by atomic mass is 9.95. The Bertz CT molecular complexity index is 807. The number of halogens is 2. The Morgan fingerprint density at radius 3 is 2.68 bits per heavy atom. The van der Waals surface area contributed by atoms with Crippen molar-refractivity contribution in [3.63, 3.8) is 0 Å². The summed E-state index contributed by atoms with van der Waals surface area (Å²) in [5.41, 5.74) is 1.87. The van der Waals surface area contributed by atoms with Gasteiger partial charge in [0.25, 0.3) is 0 Å². The van der Waals surface area contributed by atoms with E-state index in [1.54, 1.807) is 30.1 Å². The fraction of sp³-hybridized carbons (Fsp3) is 0.333. The summed E-state index contributed by atoms with van der Waals surface area (Å²) < 4.78 is 0. The molecule has 0 aliphatic carbocycles. The number of aromatic nitrogens is 1. The van der Waals surface area contributed by atoms with Crippen LogP contribution in [0.2, 0.25) is 10.0 Å². The third-order valence-electron chi connectivity index (χ3n) is 4.71. The Morgan fingerprint density at radius 2 is 2.04 bits per heavy atom. The van der Waals surface area contributed by atoms with Gasteiger partial charge in [0.05, 0.1) is 21.8 Å². The zero-order valence-electron chi connectivity index (χ0n) is 13.6. The van der Waals surface area contributed by atoms with Gasteiger partial charge in [-0.2, -0.15) is 0 Å². The molecular weight excluding hydrogens is 377 g/mol. The van der Waals surface area contributed by atoms with E-state index in [1.165, 1.54) is 0 Å². The van der Waals surface area contributed by atoms with Crippen LogP contribution in [0, 0.1) is 0 Å². The van der Waals surface area contributed by atoms with E-state index >= 15 is 0 Å². The molecule has 0 amide bonds. The van der Waals surface area contributed by atoms with Gasteiger partial charge in [0, 0.05) is 18.0 Å². The van der Waals surface area contributed by atoms with Crippen molar-refractivity contribution in [2.75, 3.05) is 5.75 Å². The lowest BCUT2D eigenvalue weighted by molar-refractivity contribution is 0.255. The van der Waals surface area contributed by atoms with Crippen LogP contribution in [0.4, 0.5) is 0 Å². The molecule has 3 unspecified atom stereocenters. The highest BCUT2D eigenvalue weighted by Gasteiger charge is 2.45. The average molecular weight is 394 g/mol. The predicted molar refractivity (Wildman–Crippen MR) is 104 cm³/mol. The van der Waals surface area contributed by atoms with E-state index in [9.17, 15) is 5.11 Å². The molecule has 1 saturated heterocycles. The number of amidine groups is 1. The number of phenols is 1. The second-order valence-corrected chi connectivity index (χ2v) is 7.97. The molecule has 1 aromatic heterocycles. The van der Waals surface area contributed by atoms with E-state index in [0.717, 1.165) is 28.6 Å². The molecule has 25 heavy (non-hydrogen) atoms. The first-order valence-corrected chi connectivity index (χ1v) is 9.92. The Morgan fingerprint density at radius 1 is 1.28 bits per heavy atom. The molecule has 2 aliphatic rings. The minimum absolute atomic E-state index is 0.0274. The van der Waals surface area contributed by atoms with E-state index in [0.29, 0.717) is 6.04 Å². The number of thioether (sulfide) groups is 1. The van der Waals surface area contributed by atoms with E-state index < -0.39 is 0 Å². The molecule has 4 rings (SSSR count). The number of hydrogen-bond donors (Lipinski definition) is 1. The highest BCUT2D eigenvalue weighted by molar-refractivity contribution is 8.14. The molecule has 4 nitrogen and oxygen atoms in total. The molecule has 130 valence electrons. The number of aromatic hydroxyl groups is 1. The smallest absolute Gasteiger partial charge is 0.160 e. The number of benzene rings is 1. The number of fused-ring (bicyclic) bond motifs is 1. The lowest BCUT2D eigenvalue weighted by Gasteiger charge is -2.32. The van der Waals surface area contributed by atoms with Crippen LogP contribution in [0.5, 0.6) is 5.75 Å². The molecule has 2 aliphatic heterocycles. The minimum Gasteiger partial charge on any atom is -0.505 e. The summed E-state index contributed by atoms with van der Waals surface area (Å²) in [5.74, 6) is 0.948. The topological polar surface area (TPSA) is 48.7 Å². The van der Waals surface area contributed by atoms with Crippen LogP contribution in [0.3, 0.4) is 0 Å². The summed E-state index contributed by atoms with van der Waals surface area (Å²) in [5, 5.41) is 11.5. The Labute approximate surface area is 160 Å². The van der Waals surface area contributed by atoms with Gasteiger partial charge in [-0.05, 0) is 36.2 Å². The predicted octanol–water partition coefficient (Wildman–Crippen LogP) is 5.07. The Balaban J connectivity index is 1.83. The van der Waals surface area contributed by atoms with Crippen molar-refractivity contribution in [1.29, 1.82) is 0 Å². The first-order valence-electron chi connectivity index (χ1n) is 8.18. The van der Waals surface area contributed by atoms with Crippen molar-refractivity contribution in [2.24, 2.45) is 4.99 Å². The molecular formula is C18H17Cl2N3OS. The maximum Gasteiger partial charge on any atom is 0.160 e. The molecule has 0 saturated carbocycles. The average Bonchev–Trinajstić information content (AvgIpc) is 3.18. The van der Waals surface area contributed by atoms with E-state index in [1.807, 2.05) is 18.2 Å². The molecule has 0 bridgehead atoms. The summed E-state index contributed by atoms with van der Waals surface area (Å²) >= 11 is 14.2. The molecule has 0 spiro atoms. The van der Waals surface area contributed by atoms with Crippen molar-refractivity contribution in [3.8, 4) is 5.75 Å². The second kappa shape index (κ2) is 6.71. The zero-order chi connectivity index (χ0) is 17.6. The van der Waals surface area contributed by atoms with E-state index in [2.05, 4.69) is 16.8 Å². The van der Waals surface area contributed by atoms with Crippen molar-refractivity contribution < 1.29 is 5.11 Å². The maximum absolute atomic E-state index is 9.92. The summed E-state index contributed by atoms with van der Waals surface area (Å²) in [4.78, 5) is 11.8. The molecule has 1 fully saturated rings. The monoisotopic (exact) mass is 393 g/mol. The molecule has 2 aromatic rings. The summed E-state index contributed by atoms with van der Waals surface area (Å²) in [6, 6.07) is 9.72. The van der Waals surface area contributed by atoms with Crippen LogP contribution in [-0.2, 0) is 0 Å². The van der Waals surface area contributed by atoms with Gasteiger partial charge in [-0.1, -0.05) is 48.0 Å². The summed E-state index contributed by atoms with van der Waals surface area (Å²) in [7, 11) is 0. The third-order valence-corrected chi connectivity index (χ3v) is 6.41. The summed E-state index contributed by atoms with van der Waals surface area (Å²) in [6.45, 7) is 2.19. The van der Waals surface area contributed by atoms with Crippen molar-refractivity contribution >= 4 is 40.1 Å². The fourth-order valence-corrected chi connectivity index (χ4v) is 5.31. The number of nitrogens with zero attached hydrogens (tertiary/aromatic N) is 3. The van der Waals surface area contributed by atoms with Gasteiger partial charge in [-0.3, -0.25) is 9.98 Å². The standard InChI is InChI=1S/C18H17Cl2N3OS/c1-2-11-9-25-18-22-15(14-5-3-4-6-21-14)16(23(11)18)10-7-12(19)17(24)13(20)8-10/h3-8,11,15-16,24H,2,9H2,1H3. The van der Waals surface area contributed by atoms with Crippen LogP contribution in [0.1, 0.15) is 36.7 Å². The molecule has 3 atom stereocenters. The molecule has 7 heteroatoms. The highest BCUT2D eigenvalue weighted by atomic mass is 35.5. The van der Waals surface area contributed by atoms with Crippen LogP contribution in [-0.4, -0.2) is 32.0 Å². The largest absolute Gasteiger partial charge is 0.505 e. The van der Waals surface area contributed by atoms with Gasteiger partial charge in [0.1, 0.15) is 6.04 Å². The van der Waals surface area contributed by atoms with Crippen molar-refractivity contribution in [3.05, 3.63) is 57.8 Å².